The first-order chi connectivity index (χ1) is 6.10. The van der Waals surface area contributed by atoms with Gasteiger partial charge in [-0.1, -0.05) is 0 Å². The topological polar surface area (TPSA) is 81.7 Å². The minimum absolute atomic E-state index is 0.244. The first kappa shape index (κ1) is 11.4. The fourth-order valence-corrected chi connectivity index (χ4v) is 0.509. The second-order valence-corrected chi connectivity index (χ2v) is 2.11. The van der Waals surface area contributed by atoms with Gasteiger partial charge in [0, 0.05) is 0 Å². The fourth-order valence-electron chi connectivity index (χ4n) is 0.509. The molecule has 1 N–H and O–H groups in total. The van der Waals surface area contributed by atoms with Gasteiger partial charge in [0.2, 0.25) is 5.91 Å². The van der Waals surface area contributed by atoms with Gasteiger partial charge < -0.3 is 14.8 Å². The zero-order chi connectivity index (χ0) is 10.3. The summed E-state index contributed by atoms with van der Waals surface area (Å²) < 4.78 is 8.50. The molecule has 0 unspecified atom stereocenters. The third-order valence-corrected chi connectivity index (χ3v) is 1.19. The minimum Gasteiger partial charge on any atom is -0.469 e. The average molecular weight is 189 g/mol. The number of amides is 1. The Labute approximate surface area is 75.2 Å². The van der Waals surface area contributed by atoms with Gasteiger partial charge in [0.05, 0.1) is 14.2 Å². The third-order valence-electron chi connectivity index (χ3n) is 1.19. The van der Waals surface area contributed by atoms with Crippen LogP contribution in [0.25, 0.3) is 0 Å². The summed E-state index contributed by atoms with van der Waals surface area (Å²) >= 11 is 0. The Kier molecular flexibility index (Phi) is 5.25. The maximum atomic E-state index is 10.8. The van der Waals surface area contributed by atoms with E-state index in [2.05, 4.69) is 14.8 Å². The molecule has 13 heavy (non-hydrogen) atoms. The lowest BCUT2D eigenvalue weighted by Gasteiger charge is -2.01. The van der Waals surface area contributed by atoms with E-state index in [1.165, 1.54) is 14.2 Å². The molecule has 0 aromatic carbocycles. The van der Waals surface area contributed by atoms with Gasteiger partial charge in [0.1, 0.15) is 13.0 Å². The van der Waals surface area contributed by atoms with Gasteiger partial charge in [-0.2, -0.15) is 0 Å². The molecule has 0 bridgehead atoms. The van der Waals surface area contributed by atoms with Crippen molar-refractivity contribution in [1.82, 2.24) is 5.32 Å². The molecule has 0 rings (SSSR count). The molecule has 0 heterocycles. The molecule has 0 aromatic heterocycles. The van der Waals surface area contributed by atoms with Gasteiger partial charge in [-0.15, -0.1) is 0 Å². The van der Waals surface area contributed by atoms with E-state index >= 15 is 0 Å². The van der Waals surface area contributed by atoms with E-state index in [1.54, 1.807) is 0 Å². The molecule has 0 radical (unpaired) electrons. The summed E-state index contributed by atoms with van der Waals surface area (Å²) in [7, 11) is 2.38. The molecule has 0 fully saturated rings. The number of ether oxygens (including phenoxy) is 2. The highest BCUT2D eigenvalue weighted by molar-refractivity contribution is 5.95. The quantitative estimate of drug-likeness (QED) is 0.445. The summed E-state index contributed by atoms with van der Waals surface area (Å²) in [4.78, 5) is 31.9. The zero-order valence-corrected chi connectivity index (χ0v) is 7.46. The molecule has 6 nitrogen and oxygen atoms in total. The minimum atomic E-state index is -0.651. The lowest BCUT2D eigenvalue weighted by atomic mass is 10.4. The van der Waals surface area contributed by atoms with E-state index in [4.69, 9.17) is 0 Å². The second kappa shape index (κ2) is 5.99. The molecule has 0 atom stereocenters. The van der Waals surface area contributed by atoms with Crippen molar-refractivity contribution in [3.63, 3.8) is 0 Å². The molecule has 0 spiro atoms. The van der Waals surface area contributed by atoms with Crippen LogP contribution in [-0.4, -0.2) is 38.6 Å². The van der Waals surface area contributed by atoms with E-state index in [9.17, 15) is 14.4 Å². The van der Waals surface area contributed by atoms with Crippen molar-refractivity contribution in [3.05, 3.63) is 0 Å². The van der Waals surface area contributed by atoms with Crippen molar-refractivity contribution in [1.29, 1.82) is 0 Å². The molecule has 0 aliphatic heterocycles. The number of hydrogen-bond acceptors (Lipinski definition) is 5. The van der Waals surface area contributed by atoms with Crippen LogP contribution >= 0.6 is 0 Å². The van der Waals surface area contributed by atoms with Crippen LogP contribution in [-0.2, 0) is 23.9 Å². The second-order valence-electron chi connectivity index (χ2n) is 2.11. The number of esters is 2. The highest BCUT2D eigenvalue weighted by atomic mass is 16.5. The molecule has 6 heteroatoms. The van der Waals surface area contributed by atoms with Crippen molar-refractivity contribution >= 4 is 17.8 Å². The maximum absolute atomic E-state index is 10.8. The Hall–Kier alpha value is -1.59. The lowest BCUT2D eigenvalue weighted by Crippen LogP contribution is -2.31. The van der Waals surface area contributed by atoms with Crippen molar-refractivity contribution in [2.45, 2.75) is 6.42 Å². The summed E-state index contributed by atoms with van der Waals surface area (Å²) in [5.41, 5.74) is 0. The molecule has 0 aromatic rings. The van der Waals surface area contributed by atoms with Gasteiger partial charge >= 0.3 is 11.9 Å². The van der Waals surface area contributed by atoms with E-state index in [0.29, 0.717) is 0 Å². The molecule has 0 aliphatic rings. The van der Waals surface area contributed by atoms with Crippen LogP contribution in [0.5, 0.6) is 0 Å². The number of carbonyl (C=O) groups excluding carboxylic acids is 3. The molecular formula is C7H11NO5. The molecular weight excluding hydrogens is 178 g/mol. The first-order valence-electron chi connectivity index (χ1n) is 3.50. The first-order valence-corrected chi connectivity index (χ1v) is 3.50. The SMILES string of the molecule is COC(=O)CNC(=O)CC(=O)OC. The maximum Gasteiger partial charge on any atom is 0.325 e. The Morgan fingerprint density at radius 2 is 1.62 bits per heavy atom. The van der Waals surface area contributed by atoms with E-state index in [-0.39, 0.29) is 6.54 Å². The van der Waals surface area contributed by atoms with Gasteiger partial charge in [-0.05, 0) is 0 Å². The van der Waals surface area contributed by atoms with Crippen LogP contribution in [0.15, 0.2) is 0 Å². The Morgan fingerprint density at radius 1 is 1.08 bits per heavy atom. The van der Waals surface area contributed by atoms with E-state index in [1.807, 2.05) is 0 Å². The van der Waals surface area contributed by atoms with Gasteiger partial charge in [-0.25, -0.2) is 0 Å². The van der Waals surface area contributed by atoms with Crippen LogP contribution in [0, 0.1) is 0 Å². The van der Waals surface area contributed by atoms with Gasteiger partial charge in [-0.3, -0.25) is 14.4 Å². The highest BCUT2D eigenvalue weighted by Crippen LogP contribution is 1.83. The predicted molar refractivity (Wildman–Crippen MR) is 41.7 cm³/mol. The Balaban J connectivity index is 3.63. The highest BCUT2D eigenvalue weighted by Gasteiger charge is 2.10. The summed E-state index contributed by atoms with van der Waals surface area (Å²) in [6.07, 6.45) is -0.395. The summed E-state index contributed by atoms with van der Waals surface area (Å²) in [5.74, 6) is -1.79. The number of methoxy groups -OCH3 is 2. The number of nitrogens with one attached hydrogen (secondary N) is 1. The van der Waals surface area contributed by atoms with Crippen molar-refractivity contribution < 1.29 is 23.9 Å². The van der Waals surface area contributed by atoms with Gasteiger partial charge in [0.25, 0.3) is 0 Å². The number of hydrogen-bond donors (Lipinski definition) is 1. The summed E-state index contributed by atoms with van der Waals surface area (Å²) in [6.45, 7) is -0.244. The molecule has 0 saturated heterocycles. The third kappa shape index (κ3) is 5.66. The zero-order valence-electron chi connectivity index (χ0n) is 7.46. The van der Waals surface area contributed by atoms with Crippen molar-refractivity contribution in [2.75, 3.05) is 20.8 Å². The molecule has 1 amide bonds. The van der Waals surface area contributed by atoms with Crippen molar-refractivity contribution in [3.8, 4) is 0 Å². The smallest absolute Gasteiger partial charge is 0.325 e. The monoisotopic (exact) mass is 189 g/mol. The number of carbonyl (C=O) groups is 3. The standard InChI is InChI=1S/C7H11NO5/c1-12-6(10)3-5(9)8-4-7(11)13-2/h3-4H2,1-2H3,(H,8,9). The van der Waals surface area contributed by atoms with E-state index < -0.39 is 24.3 Å². The lowest BCUT2D eigenvalue weighted by molar-refractivity contribution is -0.146. The predicted octanol–water partition coefficient (Wildman–Crippen LogP) is -1.16. The normalized spacial score (nSPS) is 8.77. The van der Waals surface area contributed by atoms with Crippen LogP contribution in [0.1, 0.15) is 6.42 Å². The summed E-state index contributed by atoms with van der Waals surface area (Å²) in [6, 6.07) is 0. The number of rotatable bonds is 4. The average Bonchev–Trinajstić information content (AvgIpc) is 2.13. The van der Waals surface area contributed by atoms with Crippen LogP contribution in [0.2, 0.25) is 0 Å². The fraction of sp³-hybridized carbons (Fsp3) is 0.571. The Morgan fingerprint density at radius 3 is 2.08 bits per heavy atom. The Bertz CT molecular complexity index is 213. The van der Waals surface area contributed by atoms with Crippen LogP contribution in [0.3, 0.4) is 0 Å². The van der Waals surface area contributed by atoms with Crippen LogP contribution in [0.4, 0.5) is 0 Å². The molecule has 0 saturated carbocycles. The van der Waals surface area contributed by atoms with Crippen molar-refractivity contribution in [2.24, 2.45) is 0 Å². The largest absolute Gasteiger partial charge is 0.469 e. The van der Waals surface area contributed by atoms with Gasteiger partial charge in [0.15, 0.2) is 0 Å². The van der Waals surface area contributed by atoms with Crippen LogP contribution < -0.4 is 5.32 Å². The molecule has 0 aliphatic carbocycles. The van der Waals surface area contributed by atoms with E-state index in [0.717, 1.165) is 0 Å². The molecule has 74 valence electrons. The summed E-state index contributed by atoms with van der Waals surface area (Å²) in [5, 5.41) is 2.18.